The highest BCUT2D eigenvalue weighted by Gasteiger charge is 2.25. The second-order valence-electron chi connectivity index (χ2n) is 6.09. The van der Waals surface area contributed by atoms with Gasteiger partial charge in [0.05, 0.1) is 0 Å². The Bertz CT molecular complexity index is 423. The van der Waals surface area contributed by atoms with E-state index in [2.05, 4.69) is 23.5 Å². The predicted molar refractivity (Wildman–Crippen MR) is 78.5 cm³/mol. The number of aryl methyl sites for hydroxylation is 2. The number of hydrogen-bond acceptors (Lipinski definition) is 2. The standard InChI is InChI=1S/C17H25NO/c19-11-8-17(14-6-9-18-10-7-14)16-5-4-13-2-1-3-15(13)12-16/h4-5,12,14,17-19H,1-3,6-11H2. The van der Waals surface area contributed by atoms with E-state index < -0.39 is 0 Å². The van der Waals surface area contributed by atoms with Gasteiger partial charge in [0.25, 0.3) is 0 Å². The first-order valence-electron chi connectivity index (χ1n) is 7.82. The van der Waals surface area contributed by atoms with Crippen molar-refractivity contribution in [1.29, 1.82) is 0 Å². The molecule has 0 bridgehead atoms. The summed E-state index contributed by atoms with van der Waals surface area (Å²) in [5.74, 6) is 1.30. The third kappa shape index (κ3) is 2.85. The van der Waals surface area contributed by atoms with Crippen molar-refractivity contribution in [1.82, 2.24) is 5.32 Å². The fraction of sp³-hybridized carbons (Fsp3) is 0.647. The first-order valence-corrected chi connectivity index (χ1v) is 7.82. The molecule has 1 saturated heterocycles. The summed E-state index contributed by atoms with van der Waals surface area (Å²) < 4.78 is 0. The van der Waals surface area contributed by atoms with Crippen LogP contribution >= 0.6 is 0 Å². The van der Waals surface area contributed by atoms with Gasteiger partial charge < -0.3 is 10.4 Å². The monoisotopic (exact) mass is 259 g/mol. The lowest BCUT2D eigenvalue weighted by atomic mass is 9.78. The minimum Gasteiger partial charge on any atom is -0.396 e. The van der Waals surface area contributed by atoms with E-state index in [1.165, 1.54) is 37.7 Å². The Morgan fingerprint density at radius 2 is 1.95 bits per heavy atom. The van der Waals surface area contributed by atoms with Crippen molar-refractivity contribution in [3.8, 4) is 0 Å². The molecule has 1 fully saturated rings. The number of aliphatic hydroxyl groups excluding tert-OH is 1. The van der Waals surface area contributed by atoms with Gasteiger partial charge in [-0.1, -0.05) is 18.2 Å². The molecule has 3 rings (SSSR count). The van der Waals surface area contributed by atoms with Gasteiger partial charge in [0.15, 0.2) is 0 Å². The third-order valence-electron chi connectivity index (χ3n) is 4.94. The van der Waals surface area contributed by atoms with Gasteiger partial charge in [-0.3, -0.25) is 0 Å². The second-order valence-corrected chi connectivity index (χ2v) is 6.09. The van der Waals surface area contributed by atoms with Crippen molar-refractivity contribution in [3.63, 3.8) is 0 Å². The molecule has 2 heteroatoms. The van der Waals surface area contributed by atoms with E-state index in [-0.39, 0.29) is 0 Å². The molecule has 19 heavy (non-hydrogen) atoms. The number of rotatable bonds is 4. The van der Waals surface area contributed by atoms with Crippen LogP contribution in [0.4, 0.5) is 0 Å². The normalized spacial score (nSPS) is 21.3. The summed E-state index contributed by atoms with van der Waals surface area (Å²) in [4.78, 5) is 0. The second kappa shape index (κ2) is 6.06. The van der Waals surface area contributed by atoms with Crippen LogP contribution in [0.3, 0.4) is 0 Å². The van der Waals surface area contributed by atoms with Crippen molar-refractivity contribution in [3.05, 3.63) is 34.9 Å². The maximum absolute atomic E-state index is 9.41. The summed E-state index contributed by atoms with van der Waals surface area (Å²) in [7, 11) is 0. The maximum Gasteiger partial charge on any atom is 0.0436 e. The number of piperidine rings is 1. The Balaban J connectivity index is 1.82. The number of nitrogens with one attached hydrogen (secondary N) is 1. The molecule has 1 aliphatic heterocycles. The molecular formula is C17H25NO. The topological polar surface area (TPSA) is 32.3 Å². The number of aliphatic hydroxyl groups is 1. The molecule has 0 spiro atoms. The Labute approximate surface area is 116 Å². The van der Waals surface area contributed by atoms with E-state index in [4.69, 9.17) is 0 Å². The van der Waals surface area contributed by atoms with Gasteiger partial charge in [-0.25, -0.2) is 0 Å². The van der Waals surface area contributed by atoms with E-state index in [1.54, 1.807) is 11.1 Å². The van der Waals surface area contributed by atoms with Gasteiger partial charge in [0.2, 0.25) is 0 Å². The SMILES string of the molecule is OCCC(c1ccc2c(c1)CCC2)C1CCNCC1. The van der Waals surface area contributed by atoms with Crippen LogP contribution in [0.25, 0.3) is 0 Å². The molecule has 1 heterocycles. The van der Waals surface area contributed by atoms with E-state index in [0.717, 1.165) is 25.4 Å². The van der Waals surface area contributed by atoms with Crippen LogP contribution in [0.2, 0.25) is 0 Å². The van der Waals surface area contributed by atoms with Crippen LogP contribution in [0.1, 0.15) is 48.3 Å². The van der Waals surface area contributed by atoms with E-state index in [0.29, 0.717) is 12.5 Å². The molecule has 1 unspecified atom stereocenters. The van der Waals surface area contributed by atoms with Crippen LogP contribution in [-0.2, 0) is 12.8 Å². The van der Waals surface area contributed by atoms with Crippen LogP contribution in [0.15, 0.2) is 18.2 Å². The predicted octanol–water partition coefficient (Wildman–Crippen LogP) is 2.64. The highest BCUT2D eigenvalue weighted by Crippen LogP contribution is 2.35. The lowest BCUT2D eigenvalue weighted by Crippen LogP contribution is -2.31. The highest BCUT2D eigenvalue weighted by molar-refractivity contribution is 5.37. The summed E-state index contributed by atoms with van der Waals surface area (Å²) in [6.07, 6.45) is 7.25. The van der Waals surface area contributed by atoms with E-state index in [9.17, 15) is 5.11 Å². The maximum atomic E-state index is 9.41. The smallest absolute Gasteiger partial charge is 0.0436 e. The third-order valence-corrected chi connectivity index (χ3v) is 4.94. The Morgan fingerprint density at radius 3 is 2.74 bits per heavy atom. The van der Waals surface area contributed by atoms with Crippen LogP contribution in [0.5, 0.6) is 0 Å². The quantitative estimate of drug-likeness (QED) is 0.871. The summed E-state index contributed by atoms with van der Waals surface area (Å²) in [6.45, 7) is 2.58. The first-order chi connectivity index (χ1) is 9.38. The Kier molecular flexibility index (Phi) is 4.19. The average Bonchev–Trinajstić information content (AvgIpc) is 2.93. The number of benzene rings is 1. The fourth-order valence-electron chi connectivity index (χ4n) is 3.88. The minimum atomic E-state index is 0.311. The van der Waals surface area contributed by atoms with Gasteiger partial charge in [0.1, 0.15) is 0 Å². The van der Waals surface area contributed by atoms with Crippen molar-refractivity contribution in [2.45, 2.75) is 44.4 Å². The van der Waals surface area contributed by atoms with Gasteiger partial charge >= 0.3 is 0 Å². The Morgan fingerprint density at radius 1 is 1.16 bits per heavy atom. The largest absolute Gasteiger partial charge is 0.396 e. The zero-order chi connectivity index (χ0) is 13.1. The molecular weight excluding hydrogens is 234 g/mol. The summed E-state index contributed by atoms with van der Waals surface area (Å²) in [6, 6.07) is 7.10. The summed E-state index contributed by atoms with van der Waals surface area (Å²) in [5, 5.41) is 12.8. The fourth-order valence-corrected chi connectivity index (χ4v) is 3.88. The van der Waals surface area contributed by atoms with E-state index >= 15 is 0 Å². The van der Waals surface area contributed by atoms with E-state index in [1.807, 2.05) is 0 Å². The zero-order valence-electron chi connectivity index (χ0n) is 11.7. The molecule has 2 N–H and O–H groups in total. The molecule has 0 aromatic heterocycles. The molecule has 1 aromatic carbocycles. The lowest BCUT2D eigenvalue weighted by molar-refractivity contribution is 0.233. The van der Waals surface area contributed by atoms with Gasteiger partial charge in [-0.15, -0.1) is 0 Å². The van der Waals surface area contributed by atoms with Crippen LogP contribution < -0.4 is 5.32 Å². The first kappa shape index (κ1) is 13.1. The lowest BCUT2D eigenvalue weighted by Gasteiger charge is -2.31. The van der Waals surface area contributed by atoms with Gasteiger partial charge in [-0.2, -0.15) is 0 Å². The molecule has 1 aliphatic carbocycles. The summed E-state index contributed by atoms with van der Waals surface area (Å²) >= 11 is 0. The molecule has 2 aliphatic rings. The molecule has 0 saturated carbocycles. The molecule has 0 amide bonds. The molecule has 1 atom stereocenters. The highest BCUT2D eigenvalue weighted by atomic mass is 16.3. The molecule has 1 aromatic rings. The number of hydrogen-bond donors (Lipinski definition) is 2. The molecule has 0 radical (unpaired) electrons. The number of fused-ring (bicyclic) bond motifs is 1. The molecule has 104 valence electrons. The van der Waals surface area contributed by atoms with Crippen molar-refractivity contribution in [2.75, 3.05) is 19.7 Å². The van der Waals surface area contributed by atoms with Gasteiger partial charge in [-0.05, 0) is 80.1 Å². The van der Waals surface area contributed by atoms with Crippen LogP contribution in [0, 0.1) is 5.92 Å². The zero-order valence-corrected chi connectivity index (χ0v) is 11.7. The van der Waals surface area contributed by atoms with Crippen LogP contribution in [-0.4, -0.2) is 24.8 Å². The Hall–Kier alpha value is -0.860. The van der Waals surface area contributed by atoms with Gasteiger partial charge in [0, 0.05) is 6.61 Å². The van der Waals surface area contributed by atoms with Crippen molar-refractivity contribution in [2.24, 2.45) is 5.92 Å². The summed E-state index contributed by atoms with van der Waals surface area (Å²) in [5.41, 5.74) is 4.59. The van der Waals surface area contributed by atoms with Crippen molar-refractivity contribution < 1.29 is 5.11 Å². The average molecular weight is 259 g/mol. The molecule has 2 nitrogen and oxygen atoms in total. The minimum absolute atomic E-state index is 0.311. The van der Waals surface area contributed by atoms with Crippen molar-refractivity contribution >= 4 is 0 Å².